The Morgan fingerprint density at radius 3 is 2.46 bits per heavy atom. The molecule has 0 saturated heterocycles. The van der Waals surface area contributed by atoms with Gasteiger partial charge in [0.15, 0.2) is 0 Å². The predicted molar refractivity (Wildman–Crippen MR) is 109 cm³/mol. The van der Waals surface area contributed by atoms with Crippen molar-refractivity contribution in [1.82, 2.24) is 15.3 Å². The molecule has 0 spiro atoms. The molecule has 0 fully saturated rings. The Kier molecular flexibility index (Phi) is 5.08. The number of aliphatic hydroxyl groups excluding tert-OH is 1. The lowest BCUT2D eigenvalue weighted by Gasteiger charge is -2.14. The molecule has 138 valence electrons. The summed E-state index contributed by atoms with van der Waals surface area (Å²) in [4.78, 5) is 21.9. The minimum absolute atomic E-state index is 0.123. The van der Waals surface area contributed by atoms with Gasteiger partial charge in [-0.25, -0.2) is 4.98 Å². The molecule has 5 heteroatoms. The number of hydrogen-bond acceptors (Lipinski definition) is 4. The molecule has 0 aliphatic heterocycles. The molecule has 28 heavy (non-hydrogen) atoms. The van der Waals surface area contributed by atoms with Gasteiger partial charge < -0.3 is 10.4 Å². The summed E-state index contributed by atoms with van der Waals surface area (Å²) >= 11 is 0. The van der Waals surface area contributed by atoms with E-state index in [2.05, 4.69) is 15.3 Å². The summed E-state index contributed by atoms with van der Waals surface area (Å²) in [5.74, 6) is -0.259. The van der Waals surface area contributed by atoms with Crippen molar-refractivity contribution in [1.29, 1.82) is 0 Å². The minimum atomic E-state index is -0.770. The first kappa shape index (κ1) is 17.8. The van der Waals surface area contributed by atoms with Crippen LogP contribution in [0, 0.1) is 0 Å². The predicted octanol–water partition coefficient (Wildman–Crippen LogP) is 3.76. The van der Waals surface area contributed by atoms with Crippen LogP contribution in [-0.2, 0) is 0 Å². The molecule has 1 amide bonds. The zero-order valence-electron chi connectivity index (χ0n) is 15.1. The Morgan fingerprint density at radius 1 is 0.929 bits per heavy atom. The fraction of sp³-hybridized carbons (Fsp3) is 0.0870. The molecule has 4 rings (SSSR count). The van der Waals surface area contributed by atoms with Crippen LogP contribution in [-0.4, -0.2) is 27.5 Å². The number of benzene rings is 2. The fourth-order valence-corrected chi connectivity index (χ4v) is 3.09. The van der Waals surface area contributed by atoms with E-state index >= 15 is 0 Å². The maximum Gasteiger partial charge on any atom is 0.252 e. The Hall–Kier alpha value is -3.57. The summed E-state index contributed by atoms with van der Waals surface area (Å²) in [6.45, 7) is 0.123. The first-order valence-electron chi connectivity index (χ1n) is 9.05. The van der Waals surface area contributed by atoms with Gasteiger partial charge in [0.25, 0.3) is 5.91 Å². The smallest absolute Gasteiger partial charge is 0.252 e. The van der Waals surface area contributed by atoms with Crippen molar-refractivity contribution >= 4 is 16.8 Å². The molecule has 2 aromatic carbocycles. The zero-order chi connectivity index (χ0) is 19.3. The maximum absolute atomic E-state index is 12.9. The van der Waals surface area contributed by atoms with Gasteiger partial charge in [-0.05, 0) is 29.8 Å². The number of aromatic nitrogens is 2. The molecule has 2 N–H and O–H groups in total. The highest BCUT2D eigenvalue weighted by Gasteiger charge is 2.16. The lowest BCUT2D eigenvalue weighted by Crippen LogP contribution is -2.28. The second-order valence-corrected chi connectivity index (χ2v) is 6.42. The average Bonchev–Trinajstić information content (AvgIpc) is 2.77. The van der Waals surface area contributed by atoms with E-state index in [1.165, 1.54) is 0 Å². The third-order valence-electron chi connectivity index (χ3n) is 4.53. The number of aliphatic hydroxyl groups is 1. The molecule has 0 bridgehead atoms. The quantitative estimate of drug-likeness (QED) is 0.562. The fourth-order valence-electron chi connectivity index (χ4n) is 3.09. The molecule has 0 aliphatic rings. The molecule has 2 heterocycles. The molecule has 1 unspecified atom stereocenters. The molecular weight excluding hydrogens is 350 g/mol. The summed E-state index contributed by atoms with van der Waals surface area (Å²) in [6.07, 6.45) is 0.927. The first-order valence-corrected chi connectivity index (χ1v) is 9.05. The number of nitrogens with one attached hydrogen (secondary N) is 1. The van der Waals surface area contributed by atoms with E-state index in [0.717, 1.165) is 16.5 Å². The van der Waals surface area contributed by atoms with Gasteiger partial charge in [-0.3, -0.25) is 9.78 Å². The number of carbonyl (C=O) groups is 1. The number of nitrogens with zero attached hydrogens (tertiary/aromatic N) is 2. The number of pyridine rings is 2. The Bertz CT molecular complexity index is 1100. The van der Waals surface area contributed by atoms with Crippen LogP contribution in [0.3, 0.4) is 0 Å². The lowest BCUT2D eigenvalue weighted by molar-refractivity contribution is 0.0918. The number of para-hydroxylation sites is 1. The van der Waals surface area contributed by atoms with Crippen molar-refractivity contribution in [3.63, 3.8) is 0 Å². The molecule has 0 aliphatic carbocycles. The molecule has 1 atom stereocenters. The highest BCUT2D eigenvalue weighted by Crippen LogP contribution is 2.23. The van der Waals surface area contributed by atoms with Crippen molar-refractivity contribution in [2.45, 2.75) is 6.10 Å². The third-order valence-corrected chi connectivity index (χ3v) is 4.53. The first-order chi connectivity index (χ1) is 13.7. The van der Waals surface area contributed by atoms with Crippen molar-refractivity contribution in [2.24, 2.45) is 0 Å². The number of carbonyl (C=O) groups excluding carboxylic acids is 1. The molecule has 0 saturated carbocycles. The highest BCUT2D eigenvalue weighted by molar-refractivity contribution is 6.07. The minimum Gasteiger partial charge on any atom is -0.387 e. The topological polar surface area (TPSA) is 75.1 Å². The van der Waals surface area contributed by atoms with Crippen LogP contribution in [0.15, 0.2) is 85.1 Å². The standard InChI is InChI=1S/C23H19N3O2/c27-22(16-8-2-1-3-9-16)15-25-23(28)18-14-21(20-12-6-7-13-24-20)26-19-11-5-4-10-17(18)19/h1-14,22,27H,15H2,(H,25,28). The van der Waals surface area contributed by atoms with Crippen LogP contribution in [0.2, 0.25) is 0 Å². The van der Waals surface area contributed by atoms with Crippen molar-refractivity contribution in [3.05, 3.63) is 96.2 Å². The van der Waals surface area contributed by atoms with Crippen LogP contribution in [0.4, 0.5) is 0 Å². The number of amides is 1. The normalized spacial score (nSPS) is 11.9. The monoisotopic (exact) mass is 369 g/mol. The van der Waals surface area contributed by atoms with Gasteiger partial charge >= 0.3 is 0 Å². The molecule has 0 radical (unpaired) electrons. The van der Waals surface area contributed by atoms with E-state index in [9.17, 15) is 9.90 Å². The van der Waals surface area contributed by atoms with E-state index in [4.69, 9.17) is 0 Å². The molecule has 5 nitrogen and oxygen atoms in total. The summed E-state index contributed by atoms with van der Waals surface area (Å²) in [6, 6.07) is 24.1. The van der Waals surface area contributed by atoms with Crippen LogP contribution in [0.5, 0.6) is 0 Å². The van der Waals surface area contributed by atoms with Crippen molar-refractivity contribution in [2.75, 3.05) is 6.54 Å². The van der Waals surface area contributed by atoms with Crippen LogP contribution in [0.25, 0.3) is 22.3 Å². The van der Waals surface area contributed by atoms with E-state index in [0.29, 0.717) is 17.0 Å². The van der Waals surface area contributed by atoms with Crippen molar-refractivity contribution in [3.8, 4) is 11.4 Å². The second-order valence-electron chi connectivity index (χ2n) is 6.42. The van der Waals surface area contributed by atoms with Gasteiger partial charge in [-0.1, -0.05) is 54.6 Å². The van der Waals surface area contributed by atoms with E-state index in [-0.39, 0.29) is 12.5 Å². The third kappa shape index (κ3) is 3.75. The number of fused-ring (bicyclic) bond motifs is 1. The largest absolute Gasteiger partial charge is 0.387 e. The Labute approximate surface area is 162 Å². The van der Waals surface area contributed by atoms with Gasteiger partial charge in [-0.2, -0.15) is 0 Å². The van der Waals surface area contributed by atoms with Crippen molar-refractivity contribution < 1.29 is 9.90 Å². The SMILES string of the molecule is O=C(NCC(O)c1ccccc1)c1cc(-c2ccccn2)nc2ccccc12. The zero-order valence-corrected chi connectivity index (χ0v) is 15.1. The lowest BCUT2D eigenvalue weighted by atomic mass is 10.0. The van der Waals surface area contributed by atoms with E-state index < -0.39 is 6.10 Å². The molecule has 2 aromatic heterocycles. The Morgan fingerprint density at radius 2 is 1.68 bits per heavy atom. The summed E-state index contributed by atoms with van der Waals surface area (Å²) < 4.78 is 0. The number of hydrogen-bond donors (Lipinski definition) is 2. The van der Waals surface area contributed by atoms with Gasteiger partial charge in [0.2, 0.25) is 0 Å². The van der Waals surface area contributed by atoms with Crippen LogP contribution in [0.1, 0.15) is 22.0 Å². The van der Waals surface area contributed by atoms with Gasteiger partial charge in [0, 0.05) is 18.1 Å². The van der Waals surface area contributed by atoms with E-state index in [1.807, 2.05) is 72.8 Å². The van der Waals surface area contributed by atoms with Gasteiger partial charge in [0.05, 0.1) is 28.6 Å². The maximum atomic E-state index is 12.9. The molecular formula is C23H19N3O2. The summed E-state index contributed by atoms with van der Waals surface area (Å²) in [5, 5.41) is 13.9. The highest BCUT2D eigenvalue weighted by atomic mass is 16.3. The second kappa shape index (κ2) is 7.98. The van der Waals surface area contributed by atoms with Crippen LogP contribution < -0.4 is 5.32 Å². The van der Waals surface area contributed by atoms with Gasteiger partial charge in [-0.15, -0.1) is 0 Å². The van der Waals surface area contributed by atoms with Crippen LogP contribution >= 0.6 is 0 Å². The van der Waals surface area contributed by atoms with Gasteiger partial charge in [0.1, 0.15) is 0 Å². The van der Waals surface area contributed by atoms with E-state index in [1.54, 1.807) is 12.3 Å². The summed E-state index contributed by atoms with van der Waals surface area (Å²) in [5.41, 5.74) is 3.32. The Balaban J connectivity index is 1.64. The number of rotatable bonds is 5. The molecule has 4 aromatic rings. The summed E-state index contributed by atoms with van der Waals surface area (Å²) in [7, 11) is 0. The average molecular weight is 369 g/mol.